The number of aromatic amines is 1. The van der Waals surface area contributed by atoms with Crippen molar-refractivity contribution < 1.29 is 22.6 Å². The Morgan fingerprint density at radius 2 is 1.07 bits per heavy atom. The normalized spacial score (nSPS) is 12.9. The van der Waals surface area contributed by atoms with E-state index >= 15 is 0 Å². The number of hydrogen-bond acceptors (Lipinski definition) is 9. The molecule has 0 amide bonds. The van der Waals surface area contributed by atoms with Crippen molar-refractivity contribution in [2.75, 3.05) is 32.8 Å². The summed E-state index contributed by atoms with van der Waals surface area (Å²) < 4.78 is 50.4. The zero-order valence-corrected chi connectivity index (χ0v) is 39.6. The molecule has 0 radical (unpaired) electrons. The topological polar surface area (TPSA) is 151 Å². The average Bonchev–Trinajstić information content (AvgIpc) is 3.77. The summed E-state index contributed by atoms with van der Waals surface area (Å²) in [5.41, 5.74) is 9.21. The number of H-pyrrole nitrogens is 1. The predicted octanol–water partition coefficient (Wildman–Crippen LogP) is 10.2. The van der Waals surface area contributed by atoms with Crippen LogP contribution in [0.5, 0.6) is 11.5 Å². The first-order valence-corrected chi connectivity index (χ1v) is 24.3. The highest BCUT2D eigenvalue weighted by Crippen LogP contribution is 2.53. The van der Waals surface area contributed by atoms with E-state index in [0.717, 1.165) is 38.9 Å². The molecule has 2 heterocycles. The number of aryl methyl sites for hydroxylation is 1. The van der Waals surface area contributed by atoms with E-state index in [1.807, 2.05) is 193 Å². The van der Waals surface area contributed by atoms with Crippen LogP contribution in [-0.2, 0) is 25.6 Å². The number of rotatable bonds is 17. The number of nitrogens with zero attached hydrogens (tertiary/aromatic N) is 3. The van der Waals surface area contributed by atoms with E-state index < -0.39 is 38.4 Å². The molecule has 2 atom stereocenters. The molecule has 0 saturated carbocycles. The van der Waals surface area contributed by atoms with Crippen LogP contribution in [-0.4, -0.2) is 55.0 Å². The van der Waals surface area contributed by atoms with Crippen LogP contribution in [0.4, 0.5) is 5.95 Å². The molecule has 9 aromatic rings. The van der Waals surface area contributed by atoms with Crippen LogP contribution in [0.3, 0.4) is 0 Å². The minimum absolute atomic E-state index is 0.0355. The largest absolute Gasteiger partial charge is 0.497 e. The van der Waals surface area contributed by atoms with Crippen LogP contribution in [0, 0.1) is 6.92 Å². The molecule has 0 aliphatic rings. The Labute approximate surface area is 402 Å². The molecule has 0 saturated heterocycles. The average molecular weight is 936 g/mol. The Morgan fingerprint density at radius 3 is 1.55 bits per heavy atom. The maximum Gasteiger partial charge on any atom is 0.280 e. The minimum Gasteiger partial charge on any atom is -0.497 e. The predicted molar refractivity (Wildman–Crippen MR) is 271 cm³/mol. The molecule has 0 bridgehead atoms. The van der Waals surface area contributed by atoms with Gasteiger partial charge in [0.1, 0.15) is 28.3 Å². The highest BCUT2D eigenvalue weighted by molar-refractivity contribution is 7.91. The van der Waals surface area contributed by atoms with Crippen molar-refractivity contribution >= 4 is 26.9 Å². The Bertz CT molecular complexity index is 3250. The van der Waals surface area contributed by atoms with Crippen LogP contribution in [0.1, 0.15) is 63.1 Å². The molecular weight excluding hydrogens is 883 g/mol. The van der Waals surface area contributed by atoms with Crippen LogP contribution in [0.2, 0.25) is 0 Å². The number of sulfone groups is 1. The lowest BCUT2D eigenvalue weighted by molar-refractivity contribution is -0.0287. The lowest BCUT2D eigenvalue weighted by atomic mass is 9.68. The van der Waals surface area contributed by atoms with E-state index in [1.165, 1.54) is 0 Å². The number of methoxy groups -OCH3 is 3. The molecule has 11 nitrogen and oxygen atoms in total. The Morgan fingerprint density at radius 1 is 0.609 bits per heavy atom. The van der Waals surface area contributed by atoms with Gasteiger partial charge in [0, 0.05) is 13.0 Å². The first kappa shape index (κ1) is 46.3. The van der Waals surface area contributed by atoms with Gasteiger partial charge in [0.15, 0.2) is 21.0 Å². The summed E-state index contributed by atoms with van der Waals surface area (Å²) in [5.74, 6) is 0.548. The SMILES string of the molecule is COc1ccc(C(CC(n2c(C(c3ccccc3)(c3ccccc3)c3ccc(OC)cc3)nc3c(=O)[nH]c(N)nc32)C(OC)(c2ccccc2)c2ccccc2)CS(=O)(=O)c2ccc(C)cc2)cc1. The van der Waals surface area contributed by atoms with Crippen LogP contribution >= 0.6 is 0 Å². The number of nitrogens with two attached hydrogens (primary N) is 1. The number of ether oxygens (including phenoxy) is 3. The number of nitrogen functional groups attached to an aromatic ring is 1. The standard InChI is InChI=1S/C57H53N5O6S/c1-39-25-35-49(36-26-39)69(64,65)38-41(40-27-31-47(66-2)32-28-40)37-50(57(68-4,45-21-13-7-14-22-45)46-23-15-8-16-24-46)62-52-51(53(63)61-55(58)60-52)59-54(62)56(42-17-9-5-10-18-42,43-19-11-6-12-20-43)44-29-33-48(67-3)34-30-44/h5-36,41,50H,37-38H2,1-4H3,(H3,58,60,61,63). The summed E-state index contributed by atoms with van der Waals surface area (Å²) in [6.45, 7) is 1.93. The van der Waals surface area contributed by atoms with E-state index in [0.29, 0.717) is 17.3 Å². The van der Waals surface area contributed by atoms with Crippen molar-refractivity contribution in [2.45, 2.75) is 41.2 Å². The number of nitrogens with one attached hydrogen (secondary N) is 1. The van der Waals surface area contributed by atoms with Crippen molar-refractivity contribution in [1.82, 2.24) is 19.5 Å². The summed E-state index contributed by atoms with van der Waals surface area (Å²) in [5, 5.41) is 0. The van der Waals surface area contributed by atoms with Gasteiger partial charge in [-0.25, -0.2) is 13.4 Å². The molecule has 2 aromatic heterocycles. The third kappa shape index (κ3) is 8.58. The number of imidazole rings is 1. The molecule has 3 N–H and O–H groups in total. The number of fused-ring (bicyclic) bond motifs is 1. The summed E-state index contributed by atoms with van der Waals surface area (Å²) in [4.78, 5) is 27.9. The van der Waals surface area contributed by atoms with Gasteiger partial charge in [-0.1, -0.05) is 163 Å². The maximum absolute atomic E-state index is 15.0. The van der Waals surface area contributed by atoms with E-state index in [9.17, 15) is 13.2 Å². The molecule has 0 aliphatic carbocycles. The first-order chi connectivity index (χ1) is 33.5. The van der Waals surface area contributed by atoms with E-state index in [4.69, 9.17) is 29.9 Å². The van der Waals surface area contributed by atoms with Crippen molar-refractivity contribution in [3.05, 3.63) is 249 Å². The van der Waals surface area contributed by atoms with Crippen molar-refractivity contribution in [3.63, 3.8) is 0 Å². The van der Waals surface area contributed by atoms with E-state index in [2.05, 4.69) is 4.98 Å². The van der Waals surface area contributed by atoms with Crippen LogP contribution in [0.25, 0.3) is 11.2 Å². The van der Waals surface area contributed by atoms with Crippen molar-refractivity contribution in [1.29, 1.82) is 0 Å². The molecular formula is C57H53N5O6S. The Balaban J connectivity index is 1.47. The summed E-state index contributed by atoms with van der Waals surface area (Å²) in [6, 6.07) is 61.1. The summed E-state index contributed by atoms with van der Waals surface area (Å²) in [7, 11) is 0.917. The second-order valence-electron chi connectivity index (χ2n) is 17.1. The molecule has 69 heavy (non-hydrogen) atoms. The molecule has 9 rings (SSSR count). The fraction of sp³-hybridized carbons (Fsp3) is 0.175. The van der Waals surface area contributed by atoms with Crippen LogP contribution in [0.15, 0.2) is 204 Å². The van der Waals surface area contributed by atoms with Crippen molar-refractivity contribution in [2.24, 2.45) is 0 Å². The smallest absolute Gasteiger partial charge is 0.280 e. The van der Waals surface area contributed by atoms with Crippen LogP contribution < -0.4 is 20.8 Å². The van der Waals surface area contributed by atoms with Gasteiger partial charge < -0.3 is 24.5 Å². The molecule has 0 fully saturated rings. The van der Waals surface area contributed by atoms with Gasteiger partial charge in [-0.05, 0) is 83.1 Å². The van der Waals surface area contributed by atoms with E-state index in [1.54, 1.807) is 33.5 Å². The van der Waals surface area contributed by atoms with Crippen molar-refractivity contribution in [3.8, 4) is 11.5 Å². The van der Waals surface area contributed by atoms with Gasteiger partial charge in [-0.15, -0.1) is 0 Å². The number of anilines is 1. The van der Waals surface area contributed by atoms with Gasteiger partial charge >= 0.3 is 0 Å². The Hall–Kier alpha value is -7.80. The fourth-order valence-corrected chi connectivity index (χ4v) is 11.6. The maximum atomic E-state index is 15.0. The quantitative estimate of drug-likeness (QED) is 0.0850. The second kappa shape index (κ2) is 19.4. The highest BCUT2D eigenvalue weighted by atomic mass is 32.2. The van der Waals surface area contributed by atoms with Gasteiger partial charge in [0.05, 0.1) is 30.9 Å². The Kier molecular flexibility index (Phi) is 13.0. The lowest BCUT2D eigenvalue weighted by Gasteiger charge is -2.45. The molecule has 348 valence electrons. The van der Waals surface area contributed by atoms with Gasteiger partial charge in [0.2, 0.25) is 5.95 Å². The zero-order chi connectivity index (χ0) is 48.2. The monoisotopic (exact) mass is 935 g/mol. The second-order valence-corrected chi connectivity index (χ2v) is 19.2. The van der Waals surface area contributed by atoms with Gasteiger partial charge in [0.25, 0.3) is 5.56 Å². The number of benzene rings is 7. The molecule has 2 unspecified atom stereocenters. The third-order valence-electron chi connectivity index (χ3n) is 13.2. The van der Waals surface area contributed by atoms with Gasteiger partial charge in [-0.3, -0.25) is 9.78 Å². The van der Waals surface area contributed by atoms with E-state index in [-0.39, 0.29) is 34.2 Å². The minimum atomic E-state index is -3.97. The molecule has 7 aromatic carbocycles. The third-order valence-corrected chi connectivity index (χ3v) is 15.1. The lowest BCUT2D eigenvalue weighted by Crippen LogP contribution is -2.44. The molecule has 0 aliphatic heterocycles. The van der Waals surface area contributed by atoms with Gasteiger partial charge in [-0.2, -0.15) is 4.98 Å². The fourth-order valence-electron chi connectivity index (χ4n) is 9.97. The number of aromatic nitrogens is 4. The first-order valence-electron chi connectivity index (χ1n) is 22.7. The number of hydrogen-bond donors (Lipinski definition) is 2. The zero-order valence-electron chi connectivity index (χ0n) is 38.8. The summed E-state index contributed by atoms with van der Waals surface area (Å²) in [6.07, 6.45) is 0.101. The molecule has 0 spiro atoms. The highest BCUT2D eigenvalue weighted by Gasteiger charge is 2.51. The molecule has 12 heteroatoms. The summed E-state index contributed by atoms with van der Waals surface area (Å²) >= 11 is 0.